The van der Waals surface area contributed by atoms with E-state index in [0.717, 1.165) is 12.8 Å². The SMILES string of the molecule is COC(=O)c1nc(Br)nn1C1CC1. The van der Waals surface area contributed by atoms with E-state index in [0.29, 0.717) is 10.8 Å². The summed E-state index contributed by atoms with van der Waals surface area (Å²) in [6.45, 7) is 0. The number of ether oxygens (including phenoxy) is 1. The average molecular weight is 246 g/mol. The number of hydrogen-bond donors (Lipinski definition) is 0. The molecule has 1 aliphatic carbocycles. The van der Waals surface area contributed by atoms with Crippen molar-refractivity contribution in [3.63, 3.8) is 0 Å². The molecule has 0 atom stereocenters. The number of rotatable bonds is 2. The van der Waals surface area contributed by atoms with Crippen LogP contribution in [0.4, 0.5) is 0 Å². The molecule has 13 heavy (non-hydrogen) atoms. The van der Waals surface area contributed by atoms with E-state index in [1.165, 1.54) is 7.11 Å². The van der Waals surface area contributed by atoms with Crippen molar-refractivity contribution in [1.29, 1.82) is 0 Å². The van der Waals surface area contributed by atoms with Gasteiger partial charge in [0.2, 0.25) is 10.6 Å². The molecule has 1 saturated carbocycles. The van der Waals surface area contributed by atoms with Crippen molar-refractivity contribution in [2.75, 3.05) is 7.11 Å². The van der Waals surface area contributed by atoms with Crippen LogP contribution in [-0.2, 0) is 4.74 Å². The number of methoxy groups -OCH3 is 1. The number of halogens is 1. The summed E-state index contributed by atoms with van der Waals surface area (Å²) >= 11 is 3.13. The summed E-state index contributed by atoms with van der Waals surface area (Å²) in [5.41, 5.74) is 0. The number of hydrogen-bond acceptors (Lipinski definition) is 4. The molecule has 1 fully saturated rings. The van der Waals surface area contributed by atoms with E-state index < -0.39 is 5.97 Å². The molecule has 0 N–H and O–H groups in total. The Labute approximate surface area is 83.2 Å². The predicted octanol–water partition coefficient (Wildman–Crippen LogP) is 1.16. The van der Waals surface area contributed by atoms with Crippen molar-refractivity contribution in [3.8, 4) is 0 Å². The molecule has 0 radical (unpaired) electrons. The van der Waals surface area contributed by atoms with Gasteiger partial charge in [-0.3, -0.25) is 0 Å². The summed E-state index contributed by atoms with van der Waals surface area (Å²) in [7, 11) is 1.34. The molecule has 0 aromatic carbocycles. The van der Waals surface area contributed by atoms with Crippen molar-refractivity contribution in [1.82, 2.24) is 14.8 Å². The zero-order chi connectivity index (χ0) is 9.42. The second kappa shape index (κ2) is 3.10. The minimum atomic E-state index is -0.440. The van der Waals surface area contributed by atoms with E-state index in [2.05, 4.69) is 30.7 Å². The fourth-order valence-corrected chi connectivity index (χ4v) is 1.44. The Hall–Kier alpha value is -0.910. The minimum Gasteiger partial charge on any atom is -0.463 e. The van der Waals surface area contributed by atoms with Crippen molar-refractivity contribution in [2.24, 2.45) is 0 Å². The van der Waals surface area contributed by atoms with Gasteiger partial charge in [0.15, 0.2) is 0 Å². The molecule has 1 aromatic heterocycles. The highest BCUT2D eigenvalue weighted by Gasteiger charge is 2.30. The molecule has 0 saturated heterocycles. The molecule has 1 aromatic rings. The molecule has 0 amide bonds. The van der Waals surface area contributed by atoms with Gasteiger partial charge in [0.25, 0.3) is 0 Å². The van der Waals surface area contributed by atoms with Crippen LogP contribution in [0.15, 0.2) is 4.73 Å². The van der Waals surface area contributed by atoms with Gasteiger partial charge < -0.3 is 4.74 Å². The fraction of sp³-hybridized carbons (Fsp3) is 0.571. The molecular weight excluding hydrogens is 238 g/mol. The number of esters is 1. The number of carbonyl (C=O) groups excluding carboxylic acids is 1. The molecule has 2 rings (SSSR count). The lowest BCUT2D eigenvalue weighted by atomic mass is 10.6. The highest BCUT2D eigenvalue weighted by atomic mass is 79.9. The van der Waals surface area contributed by atoms with Gasteiger partial charge in [-0.2, -0.15) is 4.98 Å². The Morgan fingerprint density at radius 1 is 1.69 bits per heavy atom. The third-order valence-electron chi connectivity index (χ3n) is 1.87. The van der Waals surface area contributed by atoms with Crippen LogP contribution in [0.3, 0.4) is 0 Å². The van der Waals surface area contributed by atoms with Crippen LogP contribution >= 0.6 is 15.9 Å². The minimum absolute atomic E-state index is 0.275. The third-order valence-corrected chi connectivity index (χ3v) is 2.20. The van der Waals surface area contributed by atoms with E-state index in [1.54, 1.807) is 4.68 Å². The lowest BCUT2D eigenvalue weighted by Crippen LogP contribution is -2.11. The Bertz CT molecular complexity index is 346. The summed E-state index contributed by atoms with van der Waals surface area (Å²) in [5.74, 6) is -0.165. The number of aromatic nitrogens is 3. The van der Waals surface area contributed by atoms with Crippen molar-refractivity contribution >= 4 is 21.9 Å². The topological polar surface area (TPSA) is 57.0 Å². The van der Waals surface area contributed by atoms with Gasteiger partial charge in [-0.15, -0.1) is 5.10 Å². The molecule has 1 aliphatic rings. The van der Waals surface area contributed by atoms with E-state index in [1.807, 2.05) is 0 Å². The smallest absolute Gasteiger partial charge is 0.375 e. The first kappa shape index (κ1) is 8.68. The zero-order valence-corrected chi connectivity index (χ0v) is 8.61. The highest BCUT2D eigenvalue weighted by molar-refractivity contribution is 9.10. The number of nitrogens with zero attached hydrogens (tertiary/aromatic N) is 3. The van der Waals surface area contributed by atoms with Crippen LogP contribution in [0.25, 0.3) is 0 Å². The van der Waals surface area contributed by atoms with Gasteiger partial charge in [0.1, 0.15) is 0 Å². The maximum Gasteiger partial charge on any atom is 0.375 e. The standard InChI is InChI=1S/C7H8BrN3O2/c1-13-6(12)5-9-7(8)10-11(5)4-2-3-4/h4H,2-3H2,1H3. The van der Waals surface area contributed by atoms with Crippen LogP contribution < -0.4 is 0 Å². The summed E-state index contributed by atoms with van der Waals surface area (Å²) in [6, 6.07) is 0.327. The zero-order valence-electron chi connectivity index (χ0n) is 7.03. The first-order valence-electron chi connectivity index (χ1n) is 3.92. The van der Waals surface area contributed by atoms with Crippen LogP contribution in [0.2, 0.25) is 0 Å². The molecule has 1 heterocycles. The normalized spacial score (nSPS) is 15.8. The van der Waals surface area contributed by atoms with Crippen LogP contribution in [0.1, 0.15) is 29.5 Å². The lowest BCUT2D eigenvalue weighted by Gasteiger charge is -2.00. The van der Waals surface area contributed by atoms with Crippen LogP contribution in [-0.4, -0.2) is 27.8 Å². The highest BCUT2D eigenvalue weighted by Crippen LogP contribution is 2.35. The van der Waals surface area contributed by atoms with E-state index in [-0.39, 0.29) is 5.82 Å². The van der Waals surface area contributed by atoms with Gasteiger partial charge in [-0.05, 0) is 28.8 Å². The monoisotopic (exact) mass is 245 g/mol. The Morgan fingerprint density at radius 3 is 2.92 bits per heavy atom. The van der Waals surface area contributed by atoms with Crippen molar-refractivity contribution in [3.05, 3.63) is 10.6 Å². The molecule has 0 aliphatic heterocycles. The van der Waals surface area contributed by atoms with Crippen molar-refractivity contribution < 1.29 is 9.53 Å². The summed E-state index contributed by atoms with van der Waals surface area (Å²) in [6.07, 6.45) is 2.11. The average Bonchev–Trinajstić information content (AvgIpc) is 2.89. The first-order chi connectivity index (χ1) is 6.22. The quantitative estimate of drug-likeness (QED) is 0.735. The molecule has 0 spiro atoms. The Kier molecular flexibility index (Phi) is 2.07. The summed E-state index contributed by atoms with van der Waals surface area (Å²) in [5, 5.41) is 4.06. The molecule has 5 nitrogen and oxygen atoms in total. The van der Waals surface area contributed by atoms with E-state index in [4.69, 9.17) is 0 Å². The van der Waals surface area contributed by atoms with E-state index in [9.17, 15) is 4.79 Å². The van der Waals surface area contributed by atoms with Gasteiger partial charge in [0.05, 0.1) is 13.2 Å². The lowest BCUT2D eigenvalue weighted by molar-refractivity contribution is 0.0579. The molecule has 70 valence electrons. The maximum atomic E-state index is 11.2. The third kappa shape index (κ3) is 1.58. The molecule has 0 bridgehead atoms. The fourth-order valence-electron chi connectivity index (χ4n) is 1.10. The van der Waals surface area contributed by atoms with Crippen LogP contribution in [0, 0.1) is 0 Å². The van der Waals surface area contributed by atoms with E-state index >= 15 is 0 Å². The van der Waals surface area contributed by atoms with Gasteiger partial charge >= 0.3 is 5.97 Å². The largest absolute Gasteiger partial charge is 0.463 e. The van der Waals surface area contributed by atoms with Gasteiger partial charge in [-0.1, -0.05) is 0 Å². The maximum absolute atomic E-state index is 11.2. The van der Waals surface area contributed by atoms with Crippen LogP contribution in [0.5, 0.6) is 0 Å². The summed E-state index contributed by atoms with van der Waals surface area (Å²) in [4.78, 5) is 15.2. The molecular formula is C7H8BrN3O2. The van der Waals surface area contributed by atoms with Gasteiger partial charge in [-0.25, -0.2) is 9.48 Å². The molecule has 0 unspecified atom stereocenters. The van der Waals surface area contributed by atoms with Gasteiger partial charge in [0, 0.05) is 0 Å². The summed E-state index contributed by atoms with van der Waals surface area (Å²) < 4.78 is 6.64. The second-order valence-electron chi connectivity index (χ2n) is 2.87. The molecule has 6 heteroatoms. The second-order valence-corrected chi connectivity index (χ2v) is 3.58. The predicted molar refractivity (Wildman–Crippen MR) is 47.3 cm³/mol. The number of carbonyl (C=O) groups is 1. The Balaban J connectivity index is 2.36. The Morgan fingerprint density at radius 2 is 2.38 bits per heavy atom. The first-order valence-corrected chi connectivity index (χ1v) is 4.72. The van der Waals surface area contributed by atoms with Crippen molar-refractivity contribution in [2.45, 2.75) is 18.9 Å².